The van der Waals surface area contributed by atoms with Gasteiger partial charge < -0.3 is 10.2 Å². The van der Waals surface area contributed by atoms with Crippen molar-refractivity contribution in [3.8, 4) is 0 Å². The molecule has 0 heterocycles. The maximum Gasteiger partial charge on any atom is 0.264 e. The van der Waals surface area contributed by atoms with E-state index in [1.807, 2.05) is 33.8 Å². The predicted molar refractivity (Wildman–Crippen MR) is 156 cm³/mol. The van der Waals surface area contributed by atoms with Crippen molar-refractivity contribution in [3.63, 3.8) is 0 Å². The summed E-state index contributed by atoms with van der Waals surface area (Å²) in [6.45, 7) is 9.34. The standard InChI is InChI=1S/C31H38FN3O4S/c1-6-18-33-31(37)29(7-2)34(20-25-11-13-26(32)14-12-25)30(36)21-35(27-15-10-23(4)24(5)19-27)40(38,39)28-16-8-22(3)9-17-28/h8-17,19,29H,6-7,18,20-21H2,1-5H3,(H,33,37)/t29-/m1/s1. The van der Waals surface area contributed by atoms with Crippen molar-refractivity contribution in [1.29, 1.82) is 0 Å². The zero-order chi connectivity index (χ0) is 29.4. The van der Waals surface area contributed by atoms with Gasteiger partial charge in [-0.15, -0.1) is 0 Å². The Balaban J connectivity index is 2.07. The summed E-state index contributed by atoms with van der Waals surface area (Å²) < 4.78 is 42.6. The lowest BCUT2D eigenvalue weighted by Crippen LogP contribution is -2.52. The molecule has 2 amide bonds. The highest BCUT2D eigenvalue weighted by Gasteiger charge is 2.33. The minimum Gasteiger partial charge on any atom is -0.354 e. The van der Waals surface area contributed by atoms with Crippen molar-refractivity contribution in [2.75, 3.05) is 17.4 Å². The highest BCUT2D eigenvalue weighted by atomic mass is 32.2. The summed E-state index contributed by atoms with van der Waals surface area (Å²) in [5.41, 5.74) is 3.74. The van der Waals surface area contributed by atoms with Gasteiger partial charge in [-0.1, -0.05) is 49.7 Å². The fourth-order valence-electron chi connectivity index (χ4n) is 4.32. The molecule has 0 spiro atoms. The summed E-state index contributed by atoms with van der Waals surface area (Å²) in [6.07, 6.45) is 1.04. The molecule has 3 rings (SSSR count). The third-order valence-electron chi connectivity index (χ3n) is 6.87. The number of nitrogens with one attached hydrogen (secondary N) is 1. The minimum absolute atomic E-state index is 0.0164. The van der Waals surface area contributed by atoms with Crippen LogP contribution in [0.15, 0.2) is 71.6 Å². The Bertz CT molecular complexity index is 1420. The van der Waals surface area contributed by atoms with Crippen LogP contribution >= 0.6 is 0 Å². The molecule has 1 atom stereocenters. The van der Waals surface area contributed by atoms with Crippen molar-refractivity contribution in [2.24, 2.45) is 0 Å². The summed E-state index contributed by atoms with van der Waals surface area (Å²) in [5, 5.41) is 2.85. The second-order valence-corrected chi connectivity index (χ2v) is 11.8. The van der Waals surface area contributed by atoms with Gasteiger partial charge in [0.05, 0.1) is 10.6 Å². The van der Waals surface area contributed by atoms with Crippen LogP contribution < -0.4 is 9.62 Å². The second kappa shape index (κ2) is 13.6. The lowest BCUT2D eigenvalue weighted by atomic mass is 10.1. The molecule has 1 N–H and O–H groups in total. The molecule has 0 saturated heterocycles. The third kappa shape index (κ3) is 7.47. The van der Waals surface area contributed by atoms with E-state index in [-0.39, 0.29) is 17.3 Å². The zero-order valence-corrected chi connectivity index (χ0v) is 24.6. The lowest BCUT2D eigenvalue weighted by Gasteiger charge is -2.33. The van der Waals surface area contributed by atoms with Crippen LogP contribution in [0.3, 0.4) is 0 Å². The highest BCUT2D eigenvalue weighted by Crippen LogP contribution is 2.27. The molecule has 40 heavy (non-hydrogen) atoms. The van der Waals surface area contributed by atoms with Gasteiger partial charge in [0.1, 0.15) is 18.4 Å². The number of anilines is 1. The first kappa shape index (κ1) is 30.8. The number of aryl methyl sites for hydroxylation is 3. The summed E-state index contributed by atoms with van der Waals surface area (Å²) in [6, 6.07) is 16.5. The number of rotatable bonds is 12. The SMILES string of the molecule is CCCNC(=O)[C@@H](CC)N(Cc1ccc(F)cc1)C(=O)CN(c1ccc(C)c(C)c1)S(=O)(=O)c1ccc(C)cc1. The van der Waals surface area contributed by atoms with Gasteiger partial charge >= 0.3 is 0 Å². The molecule has 0 aliphatic heterocycles. The Morgan fingerprint density at radius 2 is 1.55 bits per heavy atom. The number of hydrogen-bond donors (Lipinski definition) is 1. The zero-order valence-electron chi connectivity index (χ0n) is 23.8. The molecule has 0 aromatic heterocycles. The maximum atomic E-state index is 14.0. The van der Waals surface area contributed by atoms with Gasteiger partial charge in [-0.05, 0) is 86.7 Å². The number of halogens is 1. The normalized spacial score (nSPS) is 12.1. The number of carbonyl (C=O) groups is 2. The van der Waals surface area contributed by atoms with E-state index in [1.165, 1.54) is 29.2 Å². The fourth-order valence-corrected chi connectivity index (χ4v) is 5.72. The Kier molecular flexibility index (Phi) is 10.5. The molecule has 214 valence electrons. The molecular weight excluding hydrogens is 529 g/mol. The summed E-state index contributed by atoms with van der Waals surface area (Å²) in [7, 11) is -4.14. The molecule has 0 aliphatic rings. The summed E-state index contributed by atoms with van der Waals surface area (Å²) in [4.78, 5) is 28.6. The van der Waals surface area contributed by atoms with Gasteiger partial charge in [0.25, 0.3) is 10.0 Å². The van der Waals surface area contributed by atoms with Gasteiger partial charge in [0, 0.05) is 13.1 Å². The molecule has 0 aliphatic carbocycles. The summed E-state index contributed by atoms with van der Waals surface area (Å²) >= 11 is 0. The monoisotopic (exact) mass is 567 g/mol. The van der Waals surface area contributed by atoms with Gasteiger partial charge in [-0.3, -0.25) is 13.9 Å². The van der Waals surface area contributed by atoms with Crippen LogP contribution in [0.1, 0.15) is 48.9 Å². The van der Waals surface area contributed by atoms with Gasteiger partial charge in [-0.2, -0.15) is 0 Å². The van der Waals surface area contributed by atoms with Crippen LogP contribution in [0.5, 0.6) is 0 Å². The van der Waals surface area contributed by atoms with E-state index >= 15 is 0 Å². The molecule has 0 radical (unpaired) electrons. The van der Waals surface area contributed by atoms with E-state index in [9.17, 15) is 22.4 Å². The molecule has 3 aromatic rings. The van der Waals surface area contributed by atoms with Gasteiger partial charge in [0.2, 0.25) is 11.8 Å². The van der Waals surface area contributed by atoms with E-state index in [0.717, 1.165) is 27.4 Å². The molecule has 7 nitrogen and oxygen atoms in total. The average Bonchev–Trinajstić information content (AvgIpc) is 2.93. The van der Waals surface area contributed by atoms with Crippen LogP contribution in [-0.2, 0) is 26.2 Å². The van der Waals surface area contributed by atoms with Gasteiger partial charge in [-0.25, -0.2) is 12.8 Å². The van der Waals surface area contributed by atoms with E-state index < -0.39 is 34.3 Å². The first-order valence-electron chi connectivity index (χ1n) is 13.5. The van der Waals surface area contributed by atoms with Crippen LogP contribution in [-0.4, -0.2) is 44.3 Å². The van der Waals surface area contributed by atoms with Crippen molar-refractivity contribution in [3.05, 3.63) is 94.8 Å². The number of carbonyl (C=O) groups excluding carboxylic acids is 2. The number of amides is 2. The van der Waals surface area contributed by atoms with Crippen LogP contribution in [0, 0.1) is 26.6 Å². The molecule has 3 aromatic carbocycles. The molecule has 0 bridgehead atoms. The highest BCUT2D eigenvalue weighted by molar-refractivity contribution is 7.92. The minimum atomic E-state index is -4.14. The van der Waals surface area contributed by atoms with E-state index in [0.29, 0.717) is 24.2 Å². The predicted octanol–water partition coefficient (Wildman–Crippen LogP) is 5.28. The van der Waals surface area contributed by atoms with E-state index in [4.69, 9.17) is 0 Å². The molecular formula is C31H38FN3O4S. The third-order valence-corrected chi connectivity index (χ3v) is 8.66. The second-order valence-electron chi connectivity index (χ2n) is 9.96. The first-order valence-corrected chi connectivity index (χ1v) is 14.9. The Labute approximate surface area is 237 Å². The van der Waals surface area contributed by atoms with Crippen molar-refractivity contribution < 1.29 is 22.4 Å². The Morgan fingerprint density at radius 3 is 2.12 bits per heavy atom. The van der Waals surface area contributed by atoms with Crippen molar-refractivity contribution in [1.82, 2.24) is 10.2 Å². The van der Waals surface area contributed by atoms with Crippen molar-refractivity contribution >= 4 is 27.5 Å². The Morgan fingerprint density at radius 1 is 0.900 bits per heavy atom. The lowest BCUT2D eigenvalue weighted by molar-refractivity contribution is -0.140. The smallest absolute Gasteiger partial charge is 0.264 e. The van der Waals surface area contributed by atoms with Crippen LogP contribution in [0.2, 0.25) is 0 Å². The molecule has 9 heteroatoms. The number of hydrogen-bond acceptors (Lipinski definition) is 4. The molecule has 0 fully saturated rings. The average molecular weight is 568 g/mol. The summed E-state index contributed by atoms with van der Waals surface area (Å²) in [5.74, 6) is -1.28. The van der Waals surface area contributed by atoms with E-state index in [2.05, 4.69) is 5.32 Å². The largest absolute Gasteiger partial charge is 0.354 e. The maximum absolute atomic E-state index is 14.0. The fraction of sp³-hybridized carbons (Fsp3) is 0.355. The van der Waals surface area contributed by atoms with Gasteiger partial charge in [0.15, 0.2) is 0 Å². The van der Waals surface area contributed by atoms with E-state index in [1.54, 1.807) is 43.3 Å². The first-order chi connectivity index (χ1) is 19.0. The number of sulfonamides is 1. The van der Waals surface area contributed by atoms with Crippen LogP contribution in [0.25, 0.3) is 0 Å². The number of benzene rings is 3. The Hall–Kier alpha value is -3.72. The topological polar surface area (TPSA) is 86.8 Å². The van der Waals surface area contributed by atoms with Crippen molar-refractivity contribution in [2.45, 2.75) is 64.9 Å². The van der Waals surface area contributed by atoms with Crippen LogP contribution in [0.4, 0.5) is 10.1 Å². The quantitative estimate of drug-likeness (QED) is 0.323. The number of nitrogens with zero attached hydrogens (tertiary/aromatic N) is 2. The molecule has 0 saturated carbocycles. The molecule has 0 unspecified atom stereocenters.